The molecular formula is C22H18N2O2. The first-order valence-corrected chi connectivity index (χ1v) is 8.92. The number of para-hydroxylation sites is 1. The summed E-state index contributed by atoms with van der Waals surface area (Å²) < 4.78 is 0. The Morgan fingerprint density at radius 2 is 1.73 bits per heavy atom. The molecule has 128 valence electrons. The summed E-state index contributed by atoms with van der Waals surface area (Å²) in [5.74, 6) is 0.588. The number of hydrogen-bond acceptors (Lipinski definition) is 3. The molecule has 3 aromatic carbocycles. The Bertz CT molecular complexity index is 1050. The molecule has 1 heterocycles. The largest absolute Gasteiger partial charge is 0.372 e. The van der Waals surface area contributed by atoms with Crippen molar-refractivity contribution < 1.29 is 4.92 Å². The second kappa shape index (κ2) is 5.70. The van der Waals surface area contributed by atoms with Gasteiger partial charge in [-0.2, -0.15) is 0 Å². The molecular weight excluding hydrogens is 324 g/mol. The van der Waals surface area contributed by atoms with Crippen LogP contribution in [0, 0.1) is 16.0 Å². The summed E-state index contributed by atoms with van der Waals surface area (Å²) in [6.07, 6.45) is 5.41. The molecule has 3 aromatic rings. The average Bonchev–Trinajstić information content (AvgIpc) is 3.16. The minimum absolute atomic E-state index is 0.0506. The van der Waals surface area contributed by atoms with E-state index in [0.29, 0.717) is 11.6 Å². The number of anilines is 1. The van der Waals surface area contributed by atoms with Crippen molar-refractivity contribution in [2.75, 3.05) is 5.32 Å². The second-order valence-electron chi connectivity index (χ2n) is 7.04. The number of benzene rings is 3. The van der Waals surface area contributed by atoms with Gasteiger partial charge in [-0.25, -0.2) is 0 Å². The summed E-state index contributed by atoms with van der Waals surface area (Å²) in [5, 5.41) is 17.5. The zero-order valence-electron chi connectivity index (χ0n) is 14.1. The van der Waals surface area contributed by atoms with Crippen LogP contribution in [-0.4, -0.2) is 4.92 Å². The van der Waals surface area contributed by atoms with Gasteiger partial charge in [-0.05, 0) is 34.2 Å². The van der Waals surface area contributed by atoms with E-state index in [9.17, 15) is 10.1 Å². The first-order chi connectivity index (χ1) is 12.7. The standard InChI is InChI=1S/C22H18N2O2/c25-24(26)20-13-5-12-19-16-9-4-11-18(16)21(23-22(19)20)17-10-3-7-14-6-1-2-8-15(14)17/h1-10,12-13,16,18,21,23H,11H2/t16-,18+,21+/m1/s1. The fourth-order valence-electron chi connectivity index (χ4n) is 4.59. The molecule has 0 saturated heterocycles. The van der Waals surface area contributed by atoms with E-state index >= 15 is 0 Å². The number of fused-ring (bicyclic) bond motifs is 4. The van der Waals surface area contributed by atoms with Crippen LogP contribution < -0.4 is 5.32 Å². The van der Waals surface area contributed by atoms with Crippen molar-refractivity contribution in [2.24, 2.45) is 5.92 Å². The average molecular weight is 342 g/mol. The smallest absolute Gasteiger partial charge is 0.292 e. The van der Waals surface area contributed by atoms with Crippen molar-refractivity contribution in [3.8, 4) is 0 Å². The Balaban J connectivity index is 1.71. The van der Waals surface area contributed by atoms with Crippen LogP contribution in [0.3, 0.4) is 0 Å². The molecule has 0 unspecified atom stereocenters. The van der Waals surface area contributed by atoms with Crippen LogP contribution in [0.5, 0.6) is 0 Å². The van der Waals surface area contributed by atoms with Gasteiger partial charge in [0.25, 0.3) is 5.69 Å². The predicted octanol–water partition coefficient (Wildman–Crippen LogP) is 5.57. The molecule has 0 aromatic heterocycles. The van der Waals surface area contributed by atoms with Gasteiger partial charge in [0, 0.05) is 12.0 Å². The number of hydrogen-bond donors (Lipinski definition) is 1. The minimum Gasteiger partial charge on any atom is -0.372 e. The minimum atomic E-state index is -0.287. The summed E-state index contributed by atoms with van der Waals surface area (Å²) in [5.41, 5.74) is 3.08. The van der Waals surface area contributed by atoms with E-state index in [-0.39, 0.29) is 22.6 Å². The van der Waals surface area contributed by atoms with E-state index in [2.05, 4.69) is 53.9 Å². The summed E-state index contributed by atoms with van der Waals surface area (Å²) >= 11 is 0. The molecule has 0 radical (unpaired) electrons. The molecule has 1 aliphatic heterocycles. The van der Waals surface area contributed by atoms with Crippen molar-refractivity contribution in [1.29, 1.82) is 0 Å². The first-order valence-electron chi connectivity index (χ1n) is 8.92. The van der Waals surface area contributed by atoms with Gasteiger partial charge in [-0.15, -0.1) is 0 Å². The molecule has 26 heavy (non-hydrogen) atoms. The predicted molar refractivity (Wildman–Crippen MR) is 103 cm³/mol. The highest BCUT2D eigenvalue weighted by molar-refractivity contribution is 5.87. The second-order valence-corrected chi connectivity index (χ2v) is 7.04. The Kier molecular flexibility index (Phi) is 3.32. The third-order valence-electron chi connectivity index (χ3n) is 5.73. The monoisotopic (exact) mass is 342 g/mol. The lowest BCUT2D eigenvalue weighted by Gasteiger charge is -2.37. The van der Waals surface area contributed by atoms with Crippen molar-refractivity contribution >= 4 is 22.1 Å². The maximum absolute atomic E-state index is 11.6. The van der Waals surface area contributed by atoms with Gasteiger partial charge in [0.15, 0.2) is 0 Å². The molecule has 3 atom stereocenters. The van der Waals surface area contributed by atoms with Crippen LogP contribution in [0.4, 0.5) is 11.4 Å². The van der Waals surface area contributed by atoms with Gasteiger partial charge in [-0.1, -0.05) is 66.7 Å². The molecule has 0 saturated carbocycles. The molecule has 0 bridgehead atoms. The van der Waals surface area contributed by atoms with Gasteiger partial charge in [0.1, 0.15) is 5.69 Å². The van der Waals surface area contributed by atoms with Crippen molar-refractivity contribution in [3.63, 3.8) is 0 Å². The van der Waals surface area contributed by atoms with Gasteiger partial charge >= 0.3 is 0 Å². The molecule has 0 fully saturated rings. The van der Waals surface area contributed by atoms with Crippen molar-refractivity contribution in [2.45, 2.75) is 18.4 Å². The molecule has 1 aliphatic carbocycles. The molecule has 2 aliphatic rings. The summed E-state index contributed by atoms with van der Waals surface area (Å²) in [4.78, 5) is 11.3. The third kappa shape index (κ3) is 2.15. The number of nitrogens with one attached hydrogen (secondary N) is 1. The third-order valence-corrected chi connectivity index (χ3v) is 5.73. The fraction of sp³-hybridized carbons (Fsp3) is 0.182. The van der Waals surface area contributed by atoms with Crippen LogP contribution in [0.2, 0.25) is 0 Å². The van der Waals surface area contributed by atoms with Crippen LogP contribution in [0.1, 0.15) is 29.5 Å². The first kappa shape index (κ1) is 15.1. The van der Waals surface area contributed by atoms with E-state index in [1.807, 2.05) is 12.1 Å². The Labute approximate surface area is 151 Å². The molecule has 4 nitrogen and oxygen atoms in total. The van der Waals surface area contributed by atoms with Crippen LogP contribution in [-0.2, 0) is 0 Å². The maximum Gasteiger partial charge on any atom is 0.292 e. The highest BCUT2D eigenvalue weighted by Crippen LogP contribution is 2.52. The Hall–Kier alpha value is -3.14. The highest BCUT2D eigenvalue weighted by Gasteiger charge is 2.40. The number of nitrogens with zero attached hydrogens (tertiary/aromatic N) is 1. The lowest BCUT2D eigenvalue weighted by atomic mass is 9.76. The van der Waals surface area contributed by atoms with E-state index < -0.39 is 0 Å². The lowest BCUT2D eigenvalue weighted by Crippen LogP contribution is -2.29. The van der Waals surface area contributed by atoms with Gasteiger partial charge < -0.3 is 5.32 Å². The van der Waals surface area contributed by atoms with Gasteiger partial charge in [-0.3, -0.25) is 10.1 Å². The highest BCUT2D eigenvalue weighted by atomic mass is 16.6. The molecule has 5 rings (SSSR count). The van der Waals surface area contributed by atoms with Crippen molar-refractivity contribution in [3.05, 3.63) is 94.1 Å². The van der Waals surface area contributed by atoms with Crippen LogP contribution in [0.15, 0.2) is 72.8 Å². The van der Waals surface area contributed by atoms with Crippen molar-refractivity contribution in [1.82, 2.24) is 0 Å². The van der Waals surface area contributed by atoms with E-state index in [1.54, 1.807) is 12.1 Å². The summed E-state index contributed by atoms with van der Waals surface area (Å²) in [6, 6.07) is 20.1. The molecule has 0 spiro atoms. The molecule has 1 N–H and O–H groups in total. The summed E-state index contributed by atoms with van der Waals surface area (Å²) in [7, 11) is 0. The van der Waals surface area contributed by atoms with E-state index in [4.69, 9.17) is 0 Å². The quantitative estimate of drug-likeness (QED) is 0.376. The lowest BCUT2D eigenvalue weighted by molar-refractivity contribution is -0.384. The number of rotatable bonds is 2. The molecule has 0 amide bonds. The van der Waals surface area contributed by atoms with Crippen LogP contribution in [0.25, 0.3) is 10.8 Å². The number of allylic oxidation sites excluding steroid dienone is 2. The van der Waals surface area contributed by atoms with Gasteiger partial charge in [0.05, 0.1) is 11.0 Å². The Morgan fingerprint density at radius 1 is 0.962 bits per heavy atom. The van der Waals surface area contributed by atoms with E-state index in [0.717, 1.165) is 12.0 Å². The fourth-order valence-corrected chi connectivity index (χ4v) is 4.59. The zero-order chi connectivity index (χ0) is 17.7. The topological polar surface area (TPSA) is 55.2 Å². The zero-order valence-corrected chi connectivity index (χ0v) is 14.1. The van der Waals surface area contributed by atoms with E-state index in [1.165, 1.54) is 16.3 Å². The normalized spacial score (nSPS) is 23.3. The maximum atomic E-state index is 11.6. The SMILES string of the molecule is O=[N+]([O-])c1cccc2c1N[C@@H](c1cccc3ccccc13)[C@H]1CC=C[C@@H]21. The van der Waals surface area contributed by atoms with Gasteiger partial charge in [0.2, 0.25) is 0 Å². The molecule has 4 heteroatoms. The van der Waals surface area contributed by atoms with Crippen LogP contribution >= 0.6 is 0 Å². The number of nitro benzene ring substituents is 1. The number of nitro groups is 1. The Morgan fingerprint density at radius 3 is 2.62 bits per heavy atom. The summed E-state index contributed by atoms with van der Waals surface area (Å²) in [6.45, 7) is 0.